The molecule has 0 bridgehead atoms. The van der Waals surface area contributed by atoms with Gasteiger partial charge in [0.2, 0.25) is 0 Å². The number of hydrogen-bond acceptors (Lipinski definition) is 3. The fourth-order valence-corrected chi connectivity index (χ4v) is 3.11. The summed E-state index contributed by atoms with van der Waals surface area (Å²) < 4.78 is 0. The summed E-state index contributed by atoms with van der Waals surface area (Å²) in [5.41, 5.74) is 1.17. The molecule has 1 aliphatic heterocycles. The molecule has 0 unspecified atom stereocenters. The van der Waals surface area contributed by atoms with Gasteiger partial charge in [-0.25, -0.2) is 4.98 Å². The van der Waals surface area contributed by atoms with Crippen LogP contribution in [0.15, 0.2) is 18.3 Å². The third kappa shape index (κ3) is 3.68. The van der Waals surface area contributed by atoms with Crippen molar-refractivity contribution in [1.29, 1.82) is 0 Å². The number of nitrogens with zero attached hydrogens (tertiary/aromatic N) is 2. The molecule has 0 amide bonds. The summed E-state index contributed by atoms with van der Waals surface area (Å²) in [5.74, 6) is 0.845. The molecule has 104 valence electrons. The molecule has 3 rings (SSSR count). The number of piperidine rings is 1. The highest BCUT2D eigenvalue weighted by Crippen LogP contribution is 2.31. The van der Waals surface area contributed by atoms with Gasteiger partial charge in [0.15, 0.2) is 0 Å². The Labute approximate surface area is 120 Å². The maximum atomic E-state index is 6.19. The van der Waals surface area contributed by atoms with Crippen molar-refractivity contribution in [2.24, 2.45) is 5.92 Å². The number of hydrogen-bond donors (Lipinski definition) is 1. The van der Waals surface area contributed by atoms with Crippen LogP contribution in [0.25, 0.3) is 0 Å². The van der Waals surface area contributed by atoms with Crippen molar-refractivity contribution in [3.63, 3.8) is 0 Å². The van der Waals surface area contributed by atoms with Crippen LogP contribution in [-0.4, -0.2) is 35.6 Å². The number of aromatic nitrogens is 1. The Bertz CT molecular complexity index is 414. The van der Waals surface area contributed by atoms with Crippen molar-refractivity contribution in [1.82, 2.24) is 15.2 Å². The van der Waals surface area contributed by atoms with Gasteiger partial charge in [-0.3, -0.25) is 4.90 Å². The van der Waals surface area contributed by atoms with E-state index in [0.29, 0.717) is 5.15 Å². The SMILES string of the molecule is Clc1ncccc1CN(CC1CCNCC1)C1CC1. The second-order valence-corrected chi connectivity index (χ2v) is 6.17. The summed E-state index contributed by atoms with van der Waals surface area (Å²) in [6.07, 6.45) is 7.08. The first-order valence-corrected chi connectivity index (χ1v) is 7.75. The summed E-state index contributed by atoms with van der Waals surface area (Å²) in [6.45, 7) is 4.53. The van der Waals surface area contributed by atoms with Crippen LogP contribution in [0, 0.1) is 5.92 Å². The van der Waals surface area contributed by atoms with Crippen molar-refractivity contribution in [3.05, 3.63) is 29.0 Å². The van der Waals surface area contributed by atoms with E-state index in [-0.39, 0.29) is 0 Å². The molecule has 0 aromatic carbocycles. The van der Waals surface area contributed by atoms with Crippen LogP contribution in [0.3, 0.4) is 0 Å². The number of nitrogens with one attached hydrogen (secondary N) is 1. The Morgan fingerprint density at radius 1 is 1.26 bits per heavy atom. The first-order chi connectivity index (χ1) is 9.33. The van der Waals surface area contributed by atoms with E-state index in [2.05, 4.69) is 21.3 Å². The van der Waals surface area contributed by atoms with Crippen molar-refractivity contribution in [2.75, 3.05) is 19.6 Å². The zero-order valence-corrected chi connectivity index (χ0v) is 12.1. The Kier molecular flexibility index (Phi) is 4.36. The molecule has 4 heteroatoms. The predicted molar refractivity (Wildman–Crippen MR) is 78.3 cm³/mol. The van der Waals surface area contributed by atoms with Gasteiger partial charge in [-0.05, 0) is 50.8 Å². The Morgan fingerprint density at radius 2 is 2.05 bits per heavy atom. The smallest absolute Gasteiger partial charge is 0.133 e. The predicted octanol–water partition coefficient (Wildman–Crippen LogP) is 2.70. The van der Waals surface area contributed by atoms with E-state index in [4.69, 9.17) is 11.6 Å². The lowest BCUT2D eigenvalue weighted by molar-refractivity contribution is 0.190. The van der Waals surface area contributed by atoms with Crippen LogP contribution in [0.1, 0.15) is 31.2 Å². The molecular formula is C15H22ClN3. The van der Waals surface area contributed by atoms with Crippen LogP contribution in [0.4, 0.5) is 0 Å². The summed E-state index contributed by atoms with van der Waals surface area (Å²) >= 11 is 6.19. The second-order valence-electron chi connectivity index (χ2n) is 5.81. The highest BCUT2D eigenvalue weighted by Gasteiger charge is 2.31. The third-order valence-corrected chi connectivity index (χ3v) is 4.56. The normalized spacial score (nSPS) is 20.9. The maximum absolute atomic E-state index is 6.19. The van der Waals surface area contributed by atoms with E-state index in [1.54, 1.807) is 6.20 Å². The lowest BCUT2D eigenvalue weighted by Crippen LogP contribution is -2.37. The summed E-state index contributed by atoms with van der Waals surface area (Å²) in [4.78, 5) is 6.81. The molecule has 1 aliphatic carbocycles. The minimum Gasteiger partial charge on any atom is -0.317 e. The molecule has 1 aromatic heterocycles. The zero-order chi connectivity index (χ0) is 13.1. The van der Waals surface area contributed by atoms with E-state index in [9.17, 15) is 0 Å². The number of halogens is 1. The van der Waals surface area contributed by atoms with Gasteiger partial charge in [0, 0.05) is 30.9 Å². The van der Waals surface area contributed by atoms with E-state index in [1.165, 1.54) is 50.9 Å². The lowest BCUT2D eigenvalue weighted by atomic mass is 9.97. The van der Waals surface area contributed by atoms with Crippen molar-refractivity contribution in [3.8, 4) is 0 Å². The van der Waals surface area contributed by atoms with Crippen LogP contribution in [-0.2, 0) is 6.54 Å². The van der Waals surface area contributed by atoms with Gasteiger partial charge < -0.3 is 5.32 Å². The van der Waals surface area contributed by atoms with Crippen LogP contribution in [0.5, 0.6) is 0 Å². The zero-order valence-electron chi connectivity index (χ0n) is 11.3. The van der Waals surface area contributed by atoms with Crippen molar-refractivity contribution in [2.45, 2.75) is 38.3 Å². The van der Waals surface area contributed by atoms with E-state index in [1.807, 2.05) is 6.07 Å². The molecule has 3 nitrogen and oxygen atoms in total. The minimum absolute atomic E-state index is 0.665. The molecule has 0 radical (unpaired) electrons. The first kappa shape index (κ1) is 13.3. The van der Waals surface area contributed by atoms with E-state index < -0.39 is 0 Å². The largest absolute Gasteiger partial charge is 0.317 e. The summed E-state index contributed by atoms with van der Waals surface area (Å²) in [5, 5.41) is 4.11. The van der Waals surface area contributed by atoms with Gasteiger partial charge in [-0.15, -0.1) is 0 Å². The monoisotopic (exact) mass is 279 g/mol. The highest BCUT2D eigenvalue weighted by molar-refractivity contribution is 6.30. The lowest BCUT2D eigenvalue weighted by Gasteiger charge is -2.30. The molecule has 1 aromatic rings. The molecule has 2 heterocycles. The fraction of sp³-hybridized carbons (Fsp3) is 0.667. The molecule has 2 aliphatic rings. The Hall–Kier alpha value is -0.640. The van der Waals surface area contributed by atoms with Gasteiger partial charge in [0.25, 0.3) is 0 Å². The van der Waals surface area contributed by atoms with Crippen molar-refractivity contribution < 1.29 is 0 Å². The first-order valence-electron chi connectivity index (χ1n) is 7.37. The summed E-state index contributed by atoms with van der Waals surface area (Å²) in [7, 11) is 0. The maximum Gasteiger partial charge on any atom is 0.133 e. The molecule has 0 spiro atoms. The molecule has 19 heavy (non-hydrogen) atoms. The quantitative estimate of drug-likeness (QED) is 0.840. The van der Waals surface area contributed by atoms with Gasteiger partial charge >= 0.3 is 0 Å². The highest BCUT2D eigenvalue weighted by atomic mass is 35.5. The van der Waals surface area contributed by atoms with Gasteiger partial charge in [-0.1, -0.05) is 17.7 Å². The molecule has 1 saturated carbocycles. The van der Waals surface area contributed by atoms with E-state index in [0.717, 1.165) is 18.5 Å². The molecule has 2 fully saturated rings. The van der Waals surface area contributed by atoms with Gasteiger partial charge in [0.05, 0.1) is 0 Å². The molecule has 1 saturated heterocycles. The summed E-state index contributed by atoms with van der Waals surface area (Å²) in [6, 6.07) is 4.87. The molecule has 1 N–H and O–H groups in total. The third-order valence-electron chi connectivity index (χ3n) is 4.22. The van der Waals surface area contributed by atoms with Crippen LogP contribution < -0.4 is 5.32 Å². The fourth-order valence-electron chi connectivity index (χ4n) is 2.93. The molecule has 0 atom stereocenters. The van der Waals surface area contributed by atoms with Crippen LogP contribution >= 0.6 is 11.6 Å². The molecular weight excluding hydrogens is 258 g/mol. The number of pyridine rings is 1. The Morgan fingerprint density at radius 3 is 2.74 bits per heavy atom. The minimum atomic E-state index is 0.665. The van der Waals surface area contributed by atoms with Gasteiger partial charge in [0.1, 0.15) is 5.15 Å². The van der Waals surface area contributed by atoms with Gasteiger partial charge in [-0.2, -0.15) is 0 Å². The second kappa shape index (κ2) is 6.21. The van der Waals surface area contributed by atoms with E-state index >= 15 is 0 Å². The Balaban J connectivity index is 1.62. The average Bonchev–Trinajstić information content (AvgIpc) is 3.26. The standard InChI is InChI=1S/C15H22ClN3/c16-15-13(2-1-7-18-15)11-19(14-3-4-14)10-12-5-8-17-9-6-12/h1-2,7,12,14,17H,3-6,8-11H2. The van der Waals surface area contributed by atoms with Crippen LogP contribution in [0.2, 0.25) is 5.15 Å². The number of rotatable bonds is 5. The van der Waals surface area contributed by atoms with Crippen molar-refractivity contribution >= 4 is 11.6 Å². The average molecular weight is 280 g/mol. The topological polar surface area (TPSA) is 28.2 Å².